The van der Waals surface area contributed by atoms with Gasteiger partial charge in [0.1, 0.15) is 11.9 Å². The Bertz CT molecular complexity index is 798. The number of hydrogen-bond donors (Lipinski definition) is 1. The van der Waals surface area contributed by atoms with Gasteiger partial charge in [-0.2, -0.15) is 4.68 Å². The lowest BCUT2D eigenvalue weighted by atomic mass is 10.2. The van der Waals surface area contributed by atoms with Gasteiger partial charge in [0.2, 0.25) is 0 Å². The molecule has 0 radical (unpaired) electrons. The molecule has 1 fully saturated rings. The van der Waals surface area contributed by atoms with Crippen molar-refractivity contribution in [2.75, 3.05) is 18.5 Å². The molecule has 0 aliphatic carbocycles. The molecule has 0 unspecified atom stereocenters. The first-order valence-electron chi connectivity index (χ1n) is 8.29. The Kier molecular flexibility index (Phi) is 4.56. The largest absolute Gasteiger partial charge is 0.488 e. The fourth-order valence-electron chi connectivity index (χ4n) is 2.72. The monoisotopic (exact) mass is 337 g/mol. The van der Waals surface area contributed by atoms with Gasteiger partial charge in [-0.05, 0) is 46.8 Å². The smallest absolute Gasteiger partial charge is 0.175 e. The summed E-state index contributed by atoms with van der Waals surface area (Å²) in [6.45, 7) is 1.97. The average molecular weight is 337 g/mol. The molecule has 1 N–H and O–H groups in total. The Hall–Kier alpha value is -2.93. The predicted molar refractivity (Wildman–Crippen MR) is 92.8 cm³/mol. The van der Waals surface area contributed by atoms with Crippen LogP contribution in [0.3, 0.4) is 0 Å². The Morgan fingerprint density at radius 1 is 1.12 bits per heavy atom. The zero-order chi connectivity index (χ0) is 16.9. The summed E-state index contributed by atoms with van der Waals surface area (Å²) in [6.07, 6.45) is 1.11. The molecule has 7 nitrogen and oxygen atoms in total. The highest BCUT2D eigenvalue weighted by Gasteiger charge is 2.16. The van der Waals surface area contributed by atoms with Crippen molar-refractivity contribution in [2.45, 2.75) is 19.1 Å². The van der Waals surface area contributed by atoms with Crippen LogP contribution in [0.5, 0.6) is 5.75 Å². The molecule has 4 rings (SSSR count). The minimum absolute atomic E-state index is 0.161. The van der Waals surface area contributed by atoms with Gasteiger partial charge < -0.3 is 14.8 Å². The van der Waals surface area contributed by atoms with Crippen molar-refractivity contribution < 1.29 is 9.47 Å². The van der Waals surface area contributed by atoms with Crippen molar-refractivity contribution in [3.8, 4) is 11.4 Å². The molecule has 128 valence electrons. The molecule has 3 aromatic rings. The highest BCUT2D eigenvalue weighted by molar-refractivity contribution is 5.46. The maximum atomic E-state index is 5.87. The van der Waals surface area contributed by atoms with Crippen LogP contribution in [0.4, 0.5) is 5.69 Å². The summed E-state index contributed by atoms with van der Waals surface area (Å²) in [4.78, 5) is 0. The zero-order valence-corrected chi connectivity index (χ0v) is 13.7. The second kappa shape index (κ2) is 7.31. The van der Waals surface area contributed by atoms with E-state index in [1.165, 1.54) is 0 Å². The van der Waals surface area contributed by atoms with Crippen molar-refractivity contribution in [2.24, 2.45) is 0 Å². The van der Waals surface area contributed by atoms with E-state index in [9.17, 15) is 0 Å². The lowest BCUT2D eigenvalue weighted by Gasteiger charge is -2.12. The number of aromatic nitrogens is 4. The minimum Gasteiger partial charge on any atom is -0.488 e. The Balaban J connectivity index is 1.38. The maximum Gasteiger partial charge on any atom is 0.175 e. The summed E-state index contributed by atoms with van der Waals surface area (Å²) < 4.78 is 12.9. The van der Waals surface area contributed by atoms with Gasteiger partial charge in [-0.1, -0.05) is 18.2 Å². The Morgan fingerprint density at radius 3 is 2.72 bits per heavy atom. The van der Waals surface area contributed by atoms with Crippen LogP contribution in [-0.4, -0.2) is 39.5 Å². The van der Waals surface area contributed by atoms with Gasteiger partial charge in [0.15, 0.2) is 5.82 Å². The van der Waals surface area contributed by atoms with Crippen molar-refractivity contribution >= 4 is 5.69 Å². The predicted octanol–water partition coefficient (Wildman–Crippen LogP) is 2.44. The molecule has 1 aromatic heterocycles. The summed E-state index contributed by atoms with van der Waals surface area (Å²) in [5, 5.41) is 15.3. The molecule has 0 amide bonds. The molecule has 0 saturated carbocycles. The minimum atomic E-state index is 0.161. The number of benzene rings is 2. The van der Waals surface area contributed by atoms with E-state index in [1.807, 2.05) is 54.6 Å². The number of nitrogens with zero attached hydrogens (tertiary/aromatic N) is 4. The third-order valence-electron chi connectivity index (χ3n) is 4.03. The van der Waals surface area contributed by atoms with Gasteiger partial charge >= 0.3 is 0 Å². The van der Waals surface area contributed by atoms with Crippen molar-refractivity contribution in [3.05, 3.63) is 60.4 Å². The normalized spacial score (nSPS) is 16.7. The van der Waals surface area contributed by atoms with Crippen LogP contribution in [-0.2, 0) is 11.3 Å². The number of rotatable bonds is 6. The molecule has 2 heterocycles. The molecule has 1 saturated heterocycles. The molecule has 7 heteroatoms. The number of anilines is 1. The Morgan fingerprint density at radius 2 is 1.96 bits per heavy atom. The van der Waals surface area contributed by atoms with E-state index < -0.39 is 0 Å². The van der Waals surface area contributed by atoms with Crippen molar-refractivity contribution in [1.29, 1.82) is 0 Å². The molecule has 1 atom stereocenters. The van der Waals surface area contributed by atoms with E-state index in [4.69, 9.17) is 9.47 Å². The van der Waals surface area contributed by atoms with Gasteiger partial charge in [0.25, 0.3) is 0 Å². The summed E-state index contributed by atoms with van der Waals surface area (Å²) in [5.41, 5.74) is 1.92. The van der Waals surface area contributed by atoms with Crippen LogP contribution in [0.1, 0.15) is 12.2 Å². The fraction of sp³-hybridized carbons (Fsp3) is 0.278. The van der Waals surface area contributed by atoms with Gasteiger partial charge in [0.05, 0.1) is 25.4 Å². The summed E-state index contributed by atoms with van der Waals surface area (Å²) in [6, 6.07) is 17.7. The summed E-state index contributed by atoms with van der Waals surface area (Å²) >= 11 is 0. The van der Waals surface area contributed by atoms with E-state index in [0.717, 1.165) is 36.0 Å². The lowest BCUT2D eigenvalue weighted by molar-refractivity contribution is 0.141. The second-order valence-electron chi connectivity index (χ2n) is 5.82. The third-order valence-corrected chi connectivity index (χ3v) is 4.03. The van der Waals surface area contributed by atoms with E-state index >= 15 is 0 Å². The van der Waals surface area contributed by atoms with Gasteiger partial charge in [0, 0.05) is 12.1 Å². The molecule has 2 aromatic carbocycles. The molecule has 0 spiro atoms. The molecule has 1 aliphatic heterocycles. The second-order valence-corrected chi connectivity index (χ2v) is 5.82. The highest BCUT2D eigenvalue weighted by atomic mass is 16.5. The molecule has 0 bridgehead atoms. The van der Waals surface area contributed by atoms with E-state index in [-0.39, 0.29) is 6.10 Å². The maximum absolute atomic E-state index is 5.87. The number of para-hydroxylation sites is 1. The molecular formula is C18H19N5O2. The highest BCUT2D eigenvalue weighted by Crippen LogP contribution is 2.20. The summed E-state index contributed by atoms with van der Waals surface area (Å²) in [5.74, 6) is 1.60. The summed E-state index contributed by atoms with van der Waals surface area (Å²) in [7, 11) is 0. The standard InChI is InChI=1S/C18H19N5O2/c1-2-4-15(5-3-1)23-18(20-21-22-23)12-19-14-6-8-16(9-7-14)25-17-10-11-24-13-17/h1-9,17,19H,10-13H2/t17-/m1/s1. The molecule has 25 heavy (non-hydrogen) atoms. The molecular weight excluding hydrogens is 318 g/mol. The first-order chi connectivity index (χ1) is 12.4. The van der Waals surface area contributed by atoms with E-state index in [2.05, 4.69) is 20.8 Å². The average Bonchev–Trinajstić information content (AvgIpc) is 3.33. The first-order valence-corrected chi connectivity index (χ1v) is 8.29. The number of tetrazole rings is 1. The van der Waals surface area contributed by atoms with E-state index in [0.29, 0.717) is 13.2 Å². The van der Waals surface area contributed by atoms with Gasteiger partial charge in [-0.15, -0.1) is 5.10 Å². The van der Waals surface area contributed by atoms with Crippen LogP contribution in [0, 0.1) is 0 Å². The fourth-order valence-corrected chi connectivity index (χ4v) is 2.72. The van der Waals surface area contributed by atoms with Crippen molar-refractivity contribution in [3.63, 3.8) is 0 Å². The van der Waals surface area contributed by atoms with Crippen LogP contribution in [0.25, 0.3) is 5.69 Å². The van der Waals surface area contributed by atoms with Crippen LogP contribution < -0.4 is 10.1 Å². The number of ether oxygens (including phenoxy) is 2. The van der Waals surface area contributed by atoms with Gasteiger partial charge in [-0.25, -0.2) is 0 Å². The Labute approximate surface area is 145 Å². The van der Waals surface area contributed by atoms with Crippen LogP contribution >= 0.6 is 0 Å². The number of hydrogen-bond acceptors (Lipinski definition) is 6. The number of nitrogens with one attached hydrogen (secondary N) is 1. The van der Waals surface area contributed by atoms with Crippen LogP contribution in [0.15, 0.2) is 54.6 Å². The van der Waals surface area contributed by atoms with E-state index in [1.54, 1.807) is 4.68 Å². The third kappa shape index (κ3) is 3.77. The van der Waals surface area contributed by atoms with Gasteiger partial charge in [-0.3, -0.25) is 0 Å². The SMILES string of the molecule is c1ccc(-n2nnnc2CNc2ccc(O[C@@H]3CCOC3)cc2)cc1. The lowest BCUT2D eigenvalue weighted by Crippen LogP contribution is -2.15. The topological polar surface area (TPSA) is 74.1 Å². The first kappa shape index (κ1) is 15.6. The molecule has 1 aliphatic rings. The zero-order valence-electron chi connectivity index (χ0n) is 13.7. The quantitative estimate of drug-likeness (QED) is 0.745. The van der Waals surface area contributed by atoms with Crippen LogP contribution in [0.2, 0.25) is 0 Å². The van der Waals surface area contributed by atoms with Crippen molar-refractivity contribution in [1.82, 2.24) is 20.2 Å².